The van der Waals surface area contributed by atoms with Crippen molar-refractivity contribution < 1.29 is 9.59 Å². The number of Topliss-reactive ketones (excluding diaryl/α,β-unsaturated/α-hetero) is 1. The highest BCUT2D eigenvalue weighted by Gasteiger charge is 2.30. The van der Waals surface area contributed by atoms with E-state index in [1.807, 2.05) is 25.1 Å². The lowest BCUT2D eigenvalue weighted by Crippen LogP contribution is -2.12. The van der Waals surface area contributed by atoms with Crippen molar-refractivity contribution in [2.75, 3.05) is 5.32 Å². The summed E-state index contributed by atoms with van der Waals surface area (Å²) in [5.41, 5.74) is 4.36. The lowest BCUT2D eigenvalue weighted by molar-refractivity contribution is -0.117. The predicted molar refractivity (Wildman–Crippen MR) is 98.9 cm³/mol. The largest absolute Gasteiger partial charge is 0.302 e. The maximum Gasteiger partial charge on any atom is 0.229 e. The number of pyridine rings is 1. The summed E-state index contributed by atoms with van der Waals surface area (Å²) in [7, 11) is 0. The molecule has 1 aliphatic rings. The second kappa shape index (κ2) is 6.04. The van der Waals surface area contributed by atoms with E-state index < -0.39 is 0 Å². The summed E-state index contributed by atoms with van der Waals surface area (Å²) in [6.07, 6.45) is 3.69. The maximum absolute atomic E-state index is 11.9. The van der Waals surface area contributed by atoms with Gasteiger partial charge in [-0.15, -0.1) is 0 Å². The first-order valence-electron chi connectivity index (χ1n) is 8.20. The number of hydrogen-bond acceptors (Lipinski definition) is 5. The number of nitrogens with zero attached hydrogens (tertiary/aromatic N) is 2. The summed E-state index contributed by atoms with van der Waals surface area (Å²) >= 11 is 1.48. The molecule has 1 fully saturated rings. The first kappa shape index (κ1) is 15.9. The van der Waals surface area contributed by atoms with Crippen molar-refractivity contribution in [3.8, 4) is 11.1 Å². The number of carbonyl (C=O) groups is 2. The molecular weight excluding hydrogens is 334 g/mol. The molecule has 1 amide bonds. The first-order valence-corrected chi connectivity index (χ1v) is 9.02. The van der Waals surface area contributed by atoms with Gasteiger partial charge in [0.1, 0.15) is 5.69 Å². The van der Waals surface area contributed by atoms with Crippen LogP contribution in [0.5, 0.6) is 0 Å². The minimum absolute atomic E-state index is 0.0383. The number of amides is 1. The molecule has 3 aromatic rings. The number of rotatable bonds is 4. The van der Waals surface area contributed by atoms with Crippen LogP contribution in [0.3, 0.4) is 0 Å². The zero-order chi connectivity index (χ0) is 17.6. The monoisotopic (exact) mass is 351 g/mol. The molecule has 2 aromatic heterocycles. The minimum Gasteiger partial charge on any atom is -0.302 e. The van der Waals surface area contributed by atoms with Crippen molar-refractivity contribution in [1.82, 2.24) is 9.97 Å². The Labute approximate surface area is 149 Å². The molecule has 0 bridgehead atoms. The van der Waals surface area contributed by atoms with E-state index in [-0.39, 0.29) is 17.6 Å². The van der Waals surface area contributed by atoms with Gasteiger partial charge in [0.15, 0.2) is 10.9 Å². The van der Waals surface area contributed by atoms with Gasteiger partial charge in [-0.1, -0.05) is 17.4 Å². The van der Waals surface area contributed by atoms with Crippen LogP contribution >= 0.6 is 11.3 Å². The van der Waals surface area contributed by atoms with Crippen molar-refractivity contribution in [2.24, 2.45) is 5.92 Å². The highest BCUT2D eigenvalue weighted by atomic mass is 32.1. The van der Waals surface area contributed by atoms with Crippen LogP contribution in [0.2, 0.25) is 0 Å². The van der Waals surface area contributed by atoms with E-state index in [2.05, 4.69) is 21.4 Å². The van der Waals surface area contributed by atoms with E-state index in [4.69, 9.17) is 0 Å². The number of fused-ring (bicyclic) bond motifs is 1. The third-order valence-corrected chi connectivity index (χ3v) is 5.28. The lowest BCUT2D eigenvalue weighted by atomic mass is 10.0. The van der Waals surface area contributed by atoms with Gasteiger partial charge in [-0.05, 0) is 49.1 Å². The third kappa shape index (κ3) is 3.17. The number of nitrogens with one attached hydrogen (secondary N) is 1. The van der Waals surface area contributed by atoms with Crippen LogP contribution in [0, 0.1) is 12.8 Å². The molecule has 1 saturated carbocycles. The summed E-state index contributed by atoms with van der Waals surface area (Å²) in [5, 5.41) is 3.55. The van der Waals surface area contributed by atoms with Gasteiger partial charge in [-0.3, -0.25) is 14.6 Å². The van der Waals surface area contributed by atoms with Gasteiger partial charge in [-0.2, -0.15) is 0 Å². The number of aryl methyl sites for hydroxylation is 1. The van der Waals surface area contributed by atoms with E-state index in [0.29, 0.717) is 10.8 Å². The van der Waals surface area contributed by atoms with Crippen molar-refractivity contribution in [1.29, 1.82) is 0 Å². The zero-order valence-corrected chi connectivity index (χ0v) is 14.8. The number of hydrogen-bond donors (Lipinski definition) is 1. The fourth-order valence-electron chi connectivity index (χ4n) is 2.75. The van der Waals surface area contributed by atoms with Gasteiger partial charge in [0.25, 0.3) is 0 Å². The molecule has 5 nitrogen and oxygen atoms in total. The molecular formula is C19H17N3O2S. The zero-order valence-electron chi connectivity index (χ0n) is 14.0. The molecule has 1 N–H and O–H groups in total. The molecule has 25 heavy (non-hydrogen) atoms. The summed E-state index contributed by atoms with van der Waals surface area (Å²) in [6.45, 7) is 3.49. The van der Waals surface area contributed by atoms with Crippen LogP contribution in [0.1, 0.15) is 35.8 Å². The Morgan fingerprint density at radius 2 is 2.04 bits per heavy atom. The molecule has 6 heteroatoms. The lowest BCUT2D eigenvalue weighted by Gasteiger charge is -2.06. The average Bonchev–Trinajstić information content (AvgIpc) is 3.35. The summed E-state index contributed by atoms with van der Waals surface area (Å²) in [6, 6.07) is 7.81. The normalized spacial score (nSPS) is 13.8. The van der Waals surface area contributed by atoms with E-state index >= 15 is 0 Å². The Balaban J connectivity index is 1.66. The second-order valence-electron chi connectivity index (χ2n) is 6.41. The highest BCUT2D eigenvalue weighted by Crippen LogP contribution is 2.34. The van der Waals surface area contributed by atoms with Gasteiger partial charge in [-0.25, -0.2) is 4.98 Å². The molecule has 1 aliphatic carbocycles. The molecule has 0 atom stereocenters. The summed E-state index contributed by atoms with van der Waals surface area (Å²) in [5.74, 6) is 0.193. The molecule has 2 heterocycles. The van der Waals surface area contributed by atoms with Gasteiger partial charge >= 0.3 is 0 Å². The third-order valence-electron chi connectivity index (χ3n) is 4.35. The molecule has 0 radical (unpaired) electrons. The van der Waals surface area contributed by atoms with Crippen molar-refractivity contribution >= 4 is 38.4 Å². The molecule has 0 aliphatic heterocycles. The molecule has 0 saturated heterocycles. The minimum atomic E-state index is -0.0383. The van der Waals surface area contributed by atoms with Crippen molar-refractivity contribution in [2.45, 2.75) is 26.7 Å². The predicted octanol–water partition coefficient (Wildman–Crippen LogP) is 4.22. The van der Waals surface area contributed by atoms with Crippen LogP contribution in [0.4, 0.5) is 5.13 Å². The van der Waals surface area contributed by atoms with Gasteiger partial charge in [0, 0.05) is 24.6 Å². The average molecular weight is 351 g/mol. The molecule has 0 spiro atoms. The van der Waals surface area contributed by atoms with Gasteiger partial charge in [0.2, 0.25) is 5.91 Å². The van der Waals surface area contributed by atoms with Crippen LogP contribution in [0.25, 0.3) is 21.3 Å². The number of ketones is 1. The summed E-state index contributed by atoms with van der Waals surface area (Å²) < 4.78 is 1.01. The number of aromatic nitrogens is 2. The number of anilines is 1. The quantitative estimate of drug-likeness (QED) is 0.715. The maximum atomic E-state index is 11.9. The highest BCUT2D eigenvalue weighted by molar-refractivity contribution is 7.22. The topological polar surface area (TPSA) is 72.0 Å². The standard InChI is InChI=1S/C19H17N3O2S/c1-10-7-16(11(2)23)20-9-14(10)13-5-6-15-17(8-13)25-19(21-15)22-18(24)12-3-4-12/h5-9,12H,3-4H2,1-2H3,(H,21,22,24). The first-order chi connectivity index (χ1) is 12.0. The molecule has 126 valence electrons. The Bertz CT molecular complexity index is 1010. The Hall–Kier alpha value is -2.60. The SMILES string of the molecule is CC(=O)c1cc(C)c(-c2ccc3nc(NC(=O)C4CC4)sc3c2)cn1. The number of thiazole rings is 1. The van der Waals surface area contributed by atoms with Gasteiger partial charge < -0.3 is 5.32 Å². The van der Waals surface area contributed by atoms with E-state index in [1.165, 1.54) is 18.3 Å². The van der Waals surface area contributed by atoms with E-state index in [1.54, 1.807) is 6.20 Å². The van der Waals surface area contributed by atoms with Crippen LogP contribution in [-0.2, 0) is 4.79 Å². The number of benzene rings is 1. The summed E-state index contributed by atoms with van der Waals surface area (Å²) in [4.78, 5) is 32.1. The van der Waals surface area contributed by atoms with Crippen molar-refractivity contribution in [3.05, 3.63) is 41.7 Å². The smallest absolute Gasteiger partial charge is 0.229 e. The van der Waals surface area contributed by atoms with Crippen LogP contribution in [0.15, 0.2) is 30.5 Å². The Morgan fingerprint density at radius 3 is 2.72 bits per heavy atom. The Kier molecular flexibility index (Phi) is 3.84. The van der Waals surface area contributed by atoms with Crippen LogP contribution in [-0.4, -0.2) is 21.7 Å². The molecule has 4 rings (SSSR count). The molecule has 1 aromatic carbocycles. The van der Waals surface area contributed by atoms with Crippen molar-refractivity contribution in [3.63, 3.8) is 0 Å². The number of carbonyl (C=O) groups excluding carboxylic acids is 2. The Morgan fingerprint density at radius 1 is 1.24 bits per heavy atom. The van der Waals surface area contributed by atoms with Crippen LogP contribution < -0.4 is 5.32 Å². The fraction of sp³-hybridized carbons (Fsp3) is 0.263. The fourth-order valence-corrected chi connectivity index (χ4v) is 3.66. The second-order valence-corrected chi connectivity index (χ2v) is 7.44. The van der Waals surface area contributed by atoms with E-state index in [9.17, 15) is 9.59 Å². The molecule has 0 unspecified atom stereocenters. The van der Waals surface area contributed by atoms with Gasteiger partial charge in [0.05, 0.1) is 10.2 Å². The van der Waals surface area contributed by atoms with E-state index in [0.717, 1.165) is 39.7 Å².